The second-order valence-electron chi connectivity index (χ2n) is 10.2. The molecule has 194 valence electrons. The second kappa shape index (κ2) is 10.6. The molecule has 0 aliphatic carbocycles. The number of ether oxygens (including phenoxy) is 1. The van der Waals surface area contributed by atoms with Crippen molar-refractivity contribution in [1.29, 1.82) is 0 Å². The first kappa shape index (κ1) is 28.7. The third-order valence-electron chi connectivity index (χ3n) is 6.77. The molecule has 1 N–H and O–H groups in total. The largest absolute Gasteiger partial charge is 0.442 e. The van der Waals surface area contributed by atoms with Crippen LogP contribution in [0.1, 0.15) is 45.0 Å². The molecule has 2 rings (SSSR count). The Morgan fingerprint density at radius 3 is 2.17 bits per heavy atom. The molecule has 1 amide bonds. The van der Waals surface area contributed by atoms with E-state index in [-0.39, 0.29) is 22.2 Å². The number of nitrogens with zero attached hydrogens (tertiary/aromatic N) is 3. The van der Waals surface area contributed by atoms with Crippen molar-refractivity contribution in [2.24, 2.45) is 11.8 Å². The normalized spacial score (nSPS) is 19.1. The van der Waals surface area contributed by atoms with Gasteiger partial charge in [0, 0.05) is 18.1 Å². The number of β-lactam (4-membered cyclic amide) rings is 1. The zero-order valence-corrected chi connectivity index (χ0v) is 22.2. The Hall–Kier alpha value is -3.54. The molecule has 1 saturated heterocycles. The lowest BCUT2D eigenvalue weighted by atomic mass is 9.76. The quantitative estimate of drug-likeness (QED) is 0.0596. The lowest BCUT2D eigenvalue weighted by Gasteiger charge is -2.46. The van der Waals surface area contributed by atoms with Crippen LogP contribution in [0.3, 0.4) is 0 Å². The molecule has 13 heteroatoms. The van der Waals surface area contributed by atoms with E-state index in [1.165, 1.54) is 6.92 Å². The van der Waals surface area contributed by atoms with E-state index in [4.69, 9.17) is 4.43 Å². The first-order valence-electron chi connectivity index (χ1n) is 11.3. The Kier molecular flexibility index (Phi) is 8.45. The number of hydrogen-bond donors (Lipinski definition) is 1. The minimum Gasteiger partial charge on any atom is -0.413 e. The summed E-state index contributed by atoms with van der Waals surface area (Å²) >= 11 is 0. The number of amides is 1. The van der Waals surface area contributed by atoms with Crippen molar-refractivity contribution in [1.82, 2.24) is 5.32 Å². The van der Waals surface area contributed by atoms with Crippen LogP contribution in [-0.4, -0.2) is 59.5 Å². The van der Waals surface area contributed by atoms with Crippen LogP contribution in [0.15, 0.2) is 24.3 Å². The SMILES string of the molecule is C[C@@H](O[Si](C)(C)C(C)(C)C)[C@H]1C(=O)N[C@@H]1[C@@H](C)C(=O)C(=[N+]=[N-])C(=O)OC(=O)c1ccc([N+](=O)[O-])cc1. The van der Waals surface area contributed by atoms with Gasteiger partial charge in [-0.1, -0.05) is 27.7 Å². The van der Waals surface area contributed by atoms with Gasteiger partial charge in [-0.3, -0.25) is 19.7 Å². The van der Waals surface area contributed by atoms with E-state index in [2.05, 4.69) is 35.6 Å². The van der Waals surface area contributed by atoms with Gasteiger partial charge in [0.1, 0.15) is 0 Å². The van der Waals surface area contributed by atoms with E-state index in [0.717, 1.165) is 24.3 Å². The molecule has 0 aromatic heterocycles. The van der Waals surface area contributed by atoms with Crippen molar-refractivity contribution in [2.45, 2.75) is 64.9 Å². The van der Waals surface area contributed by atoms with Gasteiger partial charge in [-0.2, -0.15) is 4.79 Å². The summed E-state index contributed by atoms with van der Waals surface area (Å²) in [5, 5.41) is 13.3. The molecule has 4 atom stereocenters. The van der Waals surface area contributed by atoms with Crippen molar-refractivity contribution >= 4 is 43.3 Å². The standard InChI is InChI=1S/C23H30N4O8Si/c1-12(17-16(20(29)25-17)13(2)35-36(6,7)23(3,4)5)19(28)18(26-24)22(31)34-21(30)14-8-10-15(11-9-14)27(32)33/h8-13,16-17H,1-7H3,(H,25,29)/t12-,13-,16-,17-/m1/s1. The number of esters is 2. The van der Waals surface area contributed by atoms with Crippen LogP contribution in [0.25, 0.3) is 5.53 Å². The Bertz CT molecular complexity index is 1140. The highest BCUT2D eigenvalue weighted by atomic mass is 28.4. The zero-order valence-electron chi connectivity index (χ0n) is 21.2. The summed E-state index contributed by atoms with van der Waals surface area (Å²) in [6.07, 6.45) is -0.509. The third-order valence-corrected chi connectivity index (χ3v) is 11.3. The van der Waals surface area contributed by atoms with Gasteiger partial charge in [0.25, 0.3) is 11.5 Å². The van der Waals surface area contributed by atoms with Crippen molar-refractivity contribution in [3.63, 3.8) is 0 Å². The monoisotopic (exact) mass is 518 g/mol. The summed E-state index contributed by atoms with van der Waals surface area (Å²) in [4.78, 5) is 62.7. The molecule has 12 nitrogen and oxygen atoms in total. The van der Waals surface area contributed by atoms with Crippen molar-refractivity contribution in [2.75, 3.05) is 0 Å². The summed E-state index contributed by atoms with van der Waals surface area (Å²) < 4.78 is 10.9. The number of nitro benzene ring substituents is 1. The lowest BCUT2D eigenvalue weighted by molar-refractivity contribution is -0.384. The fourth-order valence-corrected chi connectivity index (χ4v) is 4.98. The van der Waals surface area contributed by atoms with Gasteiger partial charge < -0.3 is 20.0 Å². The van der Waals surface area contributed by atoms with Gasteiger partial charge in [0.15, 0.2) is 8.32 Å². The number of ketones is 1. The van der Waals surface area contributed by atoms with Crippen LogP contribution in [0.4, 0.5) is 5.69 Å². The fourth-order valence-electron chi connectivity index (χ4n) is 3.55. The predicted molar refractivity (Wildman–Crippen MR) is 129 cm³/mol. The molecule has 0 unspecified atom stereocenters. The minimum atomic E-state index is -2.22. The Morgan fingerprint density at radius 2 is 1.72 bits per heavy atom. The number of Topliss-reactive ketones (excluding diaryl/α,β-unsaturated/α-hetero) is 1. The molecule has 0 spiro atoms. The van der Waals surface area contributed by atoms with Gasteiger partial charge in [0.05, 0.1) is 28.6 Å². The number of benzene rings is 1. The molecule has 1 fully saturated rings. The minimum absolute atomic E-state index is 0.102. The molecule has 36 heavy (non-hydrogen) atoms. The predicted octanol–water partition coefficient (Wildman–Crippen LogP) is 2.68. The number of rotatable bonds is 9. The topological polar surface area (TPSA) is 178 Å². The van der Waals surface area contributed by atoms with Gasteiger partial charge in [-0.05, 0) is 37.2 Å². The molecular weight excluding hydrogens is 488 g/mol. The zero-order chi connectivity index (χ0) is 27.6. The smallest absolute Gasteiger partial charge is 0.413 e. The third kappa shape index (κ3) is 5.98. The summed E-state index contributed by atoms with van der Waals surface area (Å²) in [6, 6.07) is 3.54. The van der Waals surface area contributed by atoms with Gasteiger partial charge >= 0.3 is 17.7 Å². The van der Waals surface area contributed by atoms with Crippen LogP contribution in [0.5, 0.6) is 0 Å². The molecular formula is C23H30N4O8Si. The fraction of sp³-hybridized carbons (Fsp3) is 0.522. The van der Waals surface area contributed by atoms with E-state index in [9.17, 15) is 34.8 Å². The van der Waals surface area contributed by atoms with Crippen LogP contribution in [0, 0.1) is 22.0 Å². The summed E-state index contributed by atoms with van der Waals surface area (Å²) in [5.74, 6) is -5.59. The number of nitrogens with one attached hydrogen (secondary N) is 1. The maximum Gasteiger partial charge on any atom is 0.442 e. The van der Waals surface area contributed by atoms with E-state index >= 15 is 0 Å². The first-order chi connectivity index (χ1) is 16.5. The van der Waals surface area contributed by atoms with E-state index in [1.807, 2.05) is 13.1 Å². The van der Waals surface area contributed by atoms with Gasteiger partial charge in [-0.15, -0.1) is 0 Å². The Balaban J connectivity index is 2.11. The van der Waals surface area contributed by atoms with Gasteiger partial charge in [-0.25, -0.2) is 9.59 Å². The van der Waals surface area contributed by atoms with E-state index in [1.54, 1.807) is 6.92 Å². The highest BCUT2D eigenvalue weighted by Gasteiger charge is 2.52. The average molecular weight is 519 g/mol. The second-order valence-corrected chi connectivity index (χ2v) is 15.0. The number of carbonyl (C=O) groups is 4. The molecule has 1 aliphatic rings. The molecule has 1 heterocycles. The maximum atomic E-state index is 12.9. The first-order valence-corrected chi connectivity index (χ1v) is 14.2. The number of carbonyl (C=O) groups excluding carboxylic acids is 4. The maximum absolute atomic E-state index is 12.9. The molecule has 1 aromatic carbocycles. The highest BCUT2D eigenvalue weighted by Crippen LogP contribution is 2.39. The average Bonchev–Trinajstić information content (AvgIpc) is 2.75. The van der Waals surface area contributed by atoms with E-state index < -0.39 is 60.7 Å². The number of non-ortho nitro benzene ring substituents is 1. The molecule has 1 aliphatic heterocycles. The van der Waals surface area contributed by atoms with Crippen LogP contribution in [-0.2, 0) is 23.5 Å². The van der Waals surface area contributed by atoms with Crippen LogP contribution in [0.2, 0.25) is 18.1 Å². The molecule has 1 aromatic rings. The Labute approximate surface area is 209 Å². The number of hydrogen-bond acceptors (Lipinski definition) is 8. The van der Waals surface area contributed by atoms with Crippen molar-refractivity contribution in [3.8, 4) is 0 Å². The highest BCUT2D eigenvalue weighted by molar-refractivity contribution is 6.74. The number of nitro groups is 1. The Morgan fingerprint density at radius 1 is 1.17 bits per heavy atom. The molecule has 0 bridgehead atoms. The van der Waals surface area contributed by atoms with Crippen molar-refractivity contribution in [3.05, 3.63) is 45.5 Å². The van der Waals surface area contributed by atoms with Gasteiger partial charge in [0.2, 0.25) is 5.91 Å². The molecule has 0 saturated carbocycles. The van der Waals surface area contributed by atoms with Crippen molar-refractivity contribution < 1.29 is 38.1 Å². The summed E-state index contributed by atoms with van der Waals surface area (Å²) in [5.41, 5.74) is 7.83. The van der Waals surface area contributed by atoms with Crippen LogP contribution >= 0.6 is 0 Å². The van der Waals surface area contributed by atoms with E-state index in [0.29, 0.717) is 0 Å². The summed E-state index contributed by atoms with van der Waals surface area (Å²) in [7, 11) is -2.22. The summed E-state index contributed by atoms with van der Waals surface area (Å²) in [6.45, 7) is 13.5. The lowest BCUT2D eigenvalue weighted by Crippen LogP contribution is -2.67. The molecule has 0 radical (unpaired) electrons. The van der Waals surface area contributed by atoms with Crippen LogP contribution < -0.4 is 5.32 Å².